The Kier molecular flexibility index (Phi) is 5.61. The van der Waals surface area contributed by atoms with Gasteiger partial charge in [0.15, 0.2) is 0 Å². The number of carbonyl (C=O) groups excluding carboxylic acids is 1. The largest absolute Gasteiger partial charge is 0.337 e. The first-order valence-electron chi connectivity index (χ1n) is 7.84. The molecule has 2 rings (SSSR count). The summed E-state index contributed by atoms with van der Waals surface area (Å²) in [5.41, 5.74) is 0. The summed E-state index contributed by atoms with van der Waals surface area (Å²) >= 11 is 1.78. The quantitative estimate of drug-likeness (QED) is 0.819. The Hall–Kier alpha value is -0.420. The van der Waals surface area contributed by atoms with Gasteiger partial charge in [0.05, 0.1) is 0 Å². The second kappa shape index (κ2) is 7.03. The van der Waals surface area contributed by atoms with Crippen LogP contribution in [0.5, 0.6) is 0 Å². The third-order valence-electron chi connectivity index (χ3n) is 4.62. The van der Waals surface area contributed by atoms with E-state index in [0.717, 1.165) is 25.6 Å². The second-order valence-electron chi connectivity index (χ2n) is 6.71. The molecule has 0 aromatic heterocycles. The Morgan fingerprint density at radius 1 is 1.30 bits per heavy atom. The number of likely N-dealkylation sites (tertiary alicyclic amines) is 1. The monoisotopic (exact) mass is 299 g/mol. The predicted octanol–water partition coefficient (Wildman–Crippen LogP) is 2.44. The summed E-state index contributed by atoms with van der Waals surface area (Å²) in [7, 11) is 0. The first-order valence-corrected chi connectivity index (χ1v) is 9.06. The summed E-state index contributed by atoms with van der Waals surface area (Å²) < 4.78 is 0.100. The molecule has 1 heterocycles. The van der Waals surface area contributed by atoms with E-state index in [1.165, 1.54) is 25.7 Å². The summed E-state index contributed by atoms with van der Waals surface area (Å²) in [6, 6.07) is 1.10. The number of hydrogen-bond acceptors (Lipinski definition) is 3. The van der Waals surface area contributed by atoms with Gasteiger partial charge in [-0.1, -0.05) is 12.8 Å². The van der Waals surface area contributed by atoms with E-state index in [0.29, 0.717) is 12.6 Å². The maximum Gasteiger partial charge on any atom is 0.315 e. The maximum atomic E-state index is 11.9. The van der Waals surface area contributed by atoms with Gasteiger partial charge in [-0.25, -0.2) is 4.79 Å². The molecule has 2 aliphatic rings. The van der Waals surface area contributed by atoms with Crippen molar-refractivity contribution in [2.75, 3.05) is 25.9 Å². The van der Waals surface area contributed by atoms with E-state index in [4.69, 9.17) is 0 Å². The molecule has 0 spiro atoms. The third kappa shape index (κ3) is 4.55. The van der Waals surface area contributed by atoms with Gasteiger partial charge in [-0.05, 0) is 39.4 Å². The van der Waals surface area contributed by atoms with Crippen molar-refractivity contribution >= 4 is 17.8 Å². The first kappa shape index (κ1) is 16.0. The molecule has 4 nitrogen and oxygen atoms in total. The lowest BCUT2D eigenvalue weighted by Gasteiger charge is -2.24. The van der Waals surface area contributed by atoms with Gasteiger partial charge < -0.3 is 10.6 Å². The molecular formula is C15H29N3OS. The zero-order valence-electron chi connectivity index (χ0n) is 13.1. The Bertz CT molecular complexity index is 329. The van der Waals surface area contributed by atoms with Gasteiger partial charge >= 0.3 is 6.03 Å². The lowest BCUT2D eigenvalue weighted by atomic mass is 10.2. The van der Waals surface area contributed by atoms with Crippen LogP contribution >= 0.6 is 11.8 Å². The molecule has 1 saturated carbocycles. The number of nitrogens with zero attached hydrogens (tertiary/aromatic N) is 1. The molecule has 0 radical (unpaired) electrons. The second-order valence-corrected chi connectivity index (χ2v) is 8.22. The minimum Gasteiger partial charge on any atom is -0.337 e. The highest BCUT2D eigenvalue weighted by molar-refractivity contribution is 7.99. The van der Waals surface area contributed by atoms with Crippen molar-refractivity contribution in [3.63, 3.8) is 0 Å². The zero-order valence-corrected chi connectivity index (χ0v) is 13.9. The molecule has 0 bridgehead atoms. The normalized spacial score (nSPS) is 25.1. The molecule has 1 atom stereocenters. The van der Waals surface area contributed by atoms with Crippen molar-refractivity contribution in [2.24, 2.45) is 0 Å². The molecule has 0 unspecified atom stereocenters. The minimum atomic E-state index is -0.00889. The van der Waals surface area contributed by atoms with Gasteiger partial charge in [0.1, 0.15) is 0 Å². The highest BCUT2D eigenvalue weighted by Gasteiger charge is 2.30. The van der Waals surface area contributed by atoms with E-state index in [1.54, 1.807) is 11.8 Å². The Morgan fingerprint density at radius 3 is 2.65 bits per heavy atom. The molecule has 2 amide bonds. The summed E-state index contributed by atoms with van der Waals surface area (Å²) in [6.07, 6.45) is 8.63. The van der Waals surface area contributed by atoms with Gasteiger partial charge in [0.25, 0.3) is 0 Å². The van der Waals surface area contributed by atoms with E-state index >= 15 is 0 Å². The standard InChI is InChI=1S/C15H29N3OS/c1-15(2,20-3)11-16-14(19)17-12-8-9-18(10-12)13-6-4-5-7-13/h12-13H,4-11H2,1-3H3,(H2,16,17,19)/t12-/m1/s1. The van der Waals surface area contributed by atoms with Gasteiger partial charge in [-0.3, -0.25) is 4.90 Å². The Morgan fingerprint density at radius 2 is 2.00 bits per heavy atom. The van der Waals surface area contributed by atoms with Crippen molar-refractivity contribution in [3.8, 4) is 0 Å². The van der Waals surface area contributed by atoms with Crippen LogP contribution in [-0.4, -0.2) is 53.7 Å². The molecule has 1 aliphatic heterocycles. The molecule has 2 N–H and O–H groups in total. The number of rotatable bonds is 5. The molecule has 0 aromatic carbocycles. The number of urea groups is 1. The van der Waals surface area contributed by atoms with Crippen LogP contribution in [0.4, 0.5) is 4.79 Å². The molecule has 0 aromatic rings. The van der Waals surface area contributed by atoms with Crippen LogP contribution in [-0.2, 0) is 0 Å². The van der Waals surface area contributed by atoms with Crippen molar-refractivity contribution in [1.82, 2.24) is 15.5 Å². The molecule has 1 aliphatic carbocycles. The summed E-state index contributed by atoms with van der Waals surface area (Å²) in [6.45, 7) is 7.18. The fourth-order valence-electron chi connectivity index (χ4n) is 3.11. The molecule has 2 fully saturated rings. The third-order valence-corrected chi connectivity index (χ3v) is 5.87. The van der Waals surface area contributed by atoms with Crippen molar-refractivity contribution in [2.45, 2.75) is 62.8 Å². The van der Waals surface area contributed by atoms with E-state index < -0.39 is 0 Å². The lowest BCUT2D eigenvalue weighted by Crippen LogP contribution is -2.47. The number of carbonyl (C=O) groups is 1. The Labute approximate surface area is 127 Å². The topological polar surface area (TPSA) is 44.4 Å². The summed E-state index contributed by atoms with van der Waals surface area (Å²) in [5, 5.41) is 6.12. The summed E-state index contributed by atoms with van der Waals surface area (Å²) in [4.78, 5) is 14.5. The van der Waals surface area contributed by atoms with E-state index in [1.807, 2.05) is 0 Å². The van der Waals surface area contributed by atoms with Gasteiger partial charge in [0.2, 0.25) is 0 Å². The molecule has 1 saturated heterocycles. The van der Waals surface area contributed by atoms with Crippen LogP contribution in [0.25, 0.3) is 0 Å². The molecule has 20 heavy (non-hydrogen) atoms. The Balaban J connectivity index is 1.68. The number of amides is 2. The van der Waals surface area contributed by atoms with Crippen LogP contribution in [0.15, 0.2) is 0 Å². The molecular weight excluding hydrogens is 270 g/mol. The van der Waals surface area contributed by atoms with E-state index in [2.05, 4.69) is 35.6 Å². The fraction of sp³-hybridized carbons (Fsp3) is 0.933. The molecule has 5 heteroatoms. The van der Waals surface area contributed by atoms with Crippen LogP contribution < -0.4 is 10.6 Å². The van der Waals surface area contributed by atoms with Crippen LogP contribution in [0.1, 0.15) is 46.0 Å². The summed E-state index contributed by atoms with van der Waals surface area (Å²) in [5.74, 6) is 0. The average molecular weight is 299 g/mol. The fourth-order valence-corrected chi connectivity index (χ4v) is 3.32. The van der Waals surface area contributed by atoms with Crippen LogP contribution in [0, 0.1) is 0 Å². The first-order chi connectivity index (χ1) is 9.50. The molecule has 116 valence electrons. The SMILES string of the molecule is CSC(C)(C)CNC(=O)N[C@@H]1CCN(C2CCCC2)C1. The van der Waals surface area contributed by atoms with Gasteiger partial charge in [-0.15, -0.1) is 0 Å². The van der Waals surface area contributed by atoms with Gasteiger partial charge in [0, 0.05) is 36.5 Å². The average Bonchev–Trinajstić information content (AvgIpc) is 3.07. The lowest BCUT2D eigenvalue weighted by molar-refractivity contribution is 0.227. The number of hydrogen-bond donors (Lipinski definition) is 2. The van der Waals surface area contributed by atoms with Crippen molar-refractivity contribution in [3.05, 3.63) is 0 Å². The highest BCUT2D eigenvalue weighted by atomic mass is 32.2. The zero-order chi connectivity index (χ0) is 14.6. The van der Waals surface area contributed by atoms with Crippen LogP contribution in [0.3, 0.4) is 0 Å². The van der Waals surface area contributed by atoms with E-state index in [-0.39, 0.29) is 10.8 Å². The minimum absolute atomic E-state index is 0.00889. The predicted molar refractivity (Wildman–Crippen MR) is 86.4 cm³/mol. The maximum absolute atomic E-state index is 11.9. The highest BCUT2D eigenvalue weighted by Crippen LogP contribution is 2.26. The van der Waals surface area contributed by atoms with Crippen molar-refractivity contribution in [1.29, 1.82) is 0 Å². The smallest absolute Gasteiger partial charge is 0.315 e. The van der Waals surface area contributed by atoms with E-state index in [9.17, 15) is 4.79 Å². The number of thioether (sulfide) groups is 1. The van der Waals surface area contributed by atoms with Crippen molar-refractivity contribution < 1.29 is 4.79 Å². The number of nitrogens with one attached hydrogen (secondary N) is 2. The van der Waals surface area contributed by atoms with Gasteiger partial charge in [-0.2, -0.15) is 11.8 Å². The van der Waals surface area contributed by atoms with Crippen LogP contribution in [0.2, 0.25) is 0 Å².